The third kappa shape index (κ3) is 4.09. The standard InChI is InChI=1S/C11H18N4S.HI/c1-8(10-13-5-6-16-10)7-14-11(12)15(2)9-3-4-9;/h5-6,8-9H,3-4,7H2,1-2H3,(H2,12,14);1H. The summed E-state index contributed by atoms with van der Waals surface area (Å²) in [5.41, 5.74) is 5.92. The number of aliphatic imine (C=N–C) groups is 1. The molecular weight excluding hydrogens is 347 g/mol. The molecular formula is C11H19IN4S. The molecule has 1 fully saturated rings. The molecule has 0 radical (unpaired) electrons. The fourth-order valence-electron chi connectivity index (χ4n) is 1.55. The number of hydrogen-bond donors (Lipinski definition) is 1. The SMILES string of the molecule is CC(CN=C(N)N(C)C1CC1)c1nccs1.I. The third-order valence-corrected chi connectivity index (χ3v) is 3.86. The van der Waals surface area contributed by atoms with Gasteiger partial charge < -0.3 is 10.6 Å². The number of thiazole rings is 1. The van der Waals surface area contributed by atoms with E-state index in [0.29, 0.717) is 17.9 Å². The number of nitrogens with zero attached hydrogens (tertiary/aromatic N) is 3. The van der Waals surface area contributed by atoms with Crippen LogP contribution in [-0.2, 0) is 0 Å². The maximum atomic E-state index is 5.92. The molecule has 4 nitrogen and oxygen atoms in total. The number of rotatable bonds is 4. The summed E-state index contributed by atoms with van der Waals surface area (Å²) in [5.74, 6) is 1.01. The maximum Gasteiger partial charge on any atom is 0.191 e. The predicted octanol–water partition coefficient (Wildman–Crippen LogP) is 2.27. The van der Waals surface area contributed by atoms with Crippen LogP contribution in [0.3, 0.4) is 0 Å². The molecule has 0 aromatic carbocycles. The van der Waals surface area contributed by atoms with Gasteiger partial charge in [0.15, 0.2) is 5.96 Å². The van der Waals surface area contributed by atoms with Crippen LogP contribution < -0.4 is 5.73 Å². The summed E-state index contributed by atoms with van der Waals surface area (Å²) in [7, 11) is 2.02. The molecule has 2 rings (SSSR count). The van der Waals surface area contributed by atoms with Crippen molar-refractivity contribution in [2.24, 2.45) is 10.7 Å². The largest absolute Gasteiger partial charge is 0.370 e. The van der Waals surface area contributed by atoms with Gasteiger partial charge in [0.2, 0.25) is 0 Å². The number of aromatic nitrogens is 1. The van der Waals surface area contributed by atoms with Crippen LogP contribution in [0.15, 0.2) is 16.6 Å². The number of hydrogen-bond acceptors (Lipinski definition) is 3. The smallest absolute Gasteiger partial charge is 0.191 e. The highest BCUT2D eigenvalue weighted by atomic mass is 127. The van der Waals surface area contributed by atoms with Gasteiger partial charge in [-0.2, -0.15) is 0 Å². The van der Waals surface area contributed by atoms with Gasteiger partial charge in [-0.3, -0.25) is 4.99 Å². The molecule has 96 valence electrons. The van der Waals surface area contributed by atoms with E-state index in [9.17, 15) is 0 Å². The lowest BCUT2D eigenvalue weighted by molar-refractivity contribution is 0.486. The summed E-state index contributed by atoms with van der Waals surface area (Å²) in [4.78, 5) is 10.8. The molecule has 2 N–H and O–H groups in total. The zero-order chi connectivity index (χ0) is 11.5. The van der Waals surface area contributed by atoms with Gasteiger partial charge in [0.05, 0.1) is 11.6 Å². The Hall–Kier alpha value is -0.370. The normalized spacial score (nSPS) is 17.4. The van der Waals surface area contributed by atoms with Gasteiger partial charge in [0, 0.05) is 30.6 Å². The Morgan fingerprint density at radius 3 is 2.94 bits per heavy atom. The molecule has 6 heteroatoms. The first-order chi connectivity index (χ1) is 7.68. The fraction of sp³-hybridized carbons (Fsp3) is 0.636. The monoisotopic (exact) mass is 366 g/mol. The molecule has 17 heavy (non-hydrogen) atoms. The zero-order valence-electron chi connectivity index (χ0n) is 10.2. The van der Waals surface area contributed by atoms with Crippen molar-refractivity contribution in [2.75, 3.05) is 13.6 Å². The molecule has 1 atom stereocenters. The summed E-state index contributed by atoms with van der Waals surface area (Å²) in [6, 6.07) is 0.624. The molecule has 0 saturated heterocycles. The highest BCUT2D eigenvalue weighted by Gasteiger charge is 2.27. The van der Waals surface area contributed by atoms with Crippen LogP contribution in [0.2, 0.25) is 0 Å². The Morgan fingerprint density at radius 2 is 2.41 bits per heavy atom. The van der Waals surface area contributed by atoms with Crippen molar-refractivity contribution >= 4 is 41.3 Å². The van der Waals surface area contributed by atoms with Crippen LogP contribution >= 0.6 is 35.3 Å². The van der Waals surface area contributed by atoms with E-state index in [1.54, 1.807) is 11.3 Å². The van der Waals surface area contributed by atoms with E-state index < -0.39 is 0 Å². The van der Waals surface area contributed by atoms with E-state index in [-0.39, 0.29) is 24.0 Å². The lowest BCUT2D eigenvalue weighted by atomic mass is 10.2. The van der Waals surface area contributed by atoms with Crippen LogP contribution in [0.1, 0.15) is 30.7 Å². The number of guanidine groups is 1. The Labute approximate surface area is 123 Å². The molecule has 1 saturated carbocycles. The first-order valence-corrected chi connectivity index (χ1v) is 6.48. The first-order valence-electron chi connectivity index (χ1n) is 5.60. The average molecular weight is 366 g/mol. The van der Waals surface area contributed by atoms with Crippen molar-refractivity contribution in [2.45, 2.75) is 31.7 Å². The Morgan fingerprint density at radius 1 is 1.71 bits per heavy atom. The molecule has 1 aliphatic carbocycles. The van der Waals surface area contributed by atoms with E-state index >= 15 is 0 Å². The molecule has 0 aliphatic heterocycles. The van der Waals surface area contributed by atoms with Gasteiger partial charge in [-0.1, -0.05) is 6.92 Å². The molecule has 1 heterocycles. The third-order valence-electron chi connectivity index (χ3n) is 2.86. The summed E-state index contributed by atoms with van der Waals surface area (Å²) in [5, 5.41) is 3.13. The molecule has 1 unspecified atom stereocenters. The molecule has 1 aromatic rings. The van der Waals surface area contributed by atoms with Gasteiger partial charge in [0.1, 0.15) is 0 Å². The number of halogens is 1. The van der Waals surface area contributed by atoms with Gasteiger partial charge in [0.25, 0.3) is 0 Å². The van der Waals surface area contributed by atoms with Crippen molar-refractivity contribution in [1.29, 1.82) is 0 Å². The van der Waals surface area contributed by atoms with E-state index in [0.717, 1.165) is 11.6 Å². The fourth-order valence-corrected chi connectivity index (χ4v) is 2.24. The Balaban J connectivity index is 0.00000144. The summed E-state index contributed by atoms with van der Waals surface area (Å²) in [6.07, 6.45) is 4.32. The van der Waals surface area contributed by atoms with E-state index in [1.165, 1.54) is 12.8 Å². The lowest BCUT2D eigenvalue weighted by Gasteiger charge is -2.17. The lowest BCUT2D eigenvalue weighted by Crippen LogP contribution is -2.36. The van der Waals surface area contributed by atoms with Crippen LogP contribution in [0, 0.1) is 0 Å². The van der Waals surface area contributed by atoms with Crippen LogP contribution in [0.4, 0.5) is 0 Å². The second-order valence-corrected chi connectivity index (χ2v) is 5.24. The average Bonchev–Trinajstić information content (AvgIpc) is 2.99. The van der Waals surface area contributed by atoms with Gasteiger partial charge in [-0.15, -0.1) is 35.3 Å². The van der Waals surface area contributed by atoms with Crippen molar-refractivity contribution in [3.05, 3.63) is 16.6 Å². The van der Waals surface area contributed by atoms with Crippen molar-refractivity contribution in [3.63, 3.8) is 0 Å². The van der Waals surface area contributed by atoms with Gasteiger partial charge in [-0.25, -0.2) is 4.98 Å². The molecule has 1 aliphatic rings. The Bertz CT molecular complexity index is 362. The summed E-state index contributed by atoms with van der Waals surface area (Å²) >= 11 is 1.67. The van der Waals surface area contributed by atoms with Gasteiger partial charge >= 0.3 is 0 Å². The predicted molar refractivity (Wildman–Crippen MR) is 83.2 cm³/mol. The van der Waals surface area contributed by atoms with Gasteiger partial charge in [-0.05, 0) is 12.8 Å². The zero-order valence-corrected chi connectivity index (χ0v) is 13.3. The highest BCUT2D eigenvalue weighted by molar-refractivity contribution is 14.0. The van der Waals surface area contributed by atoms with E-state index in [1.807, 2.05) is 18.6 Å². The minimum atomic E-state index is 0. The summed E-state index contributed by atoms with van der Waals surface area (Å²) in [6.45, 7) is 2.85. The second kappa shape index (κ2) is 6.53. The quantitative estimate of drug-likeness (QED) is 0.505. The Kier molecular flexibility index (Phi) is 5.64. The topological polar surface area (TPSA) is 54.5 Å². The maximum absolute atomic E-state index is 5.92. The van der Waals surface area contributed by atoms with Crippen molar-refractivity contribution in [3.8, 4) is 0 Å². The highest BCUT2D eigenvalue weighted by Crippen LogP contribution is 2.25. The van der Waals surface area contributed by atoms with Crippen molar-refractivity contribution < 1.29 is 0 Å². The molecule has 0 spiro atoms. The van der Waals surface area contributed by atoms with Crippen LogP contribution in [0.5, 0.6) is 0 Å². The molecule has 0 bridgehead atoms. The minimum Gasteiger partial charge on any atom is -0.370 e. The van der Waals surface area contributed by atoms with Crippen LogP contribution in [-0.4, -0.2) is 35.5 Å². The van der Waals surface area contributed by atoms with Crippen LogP contribution in [0.25, 0.3) is 0 Å². The van der Waals surface area contributed by atoms with E-state index in [4.69, 9.17) is 5.73 Å². The van der Waals surface area contributed by atoms with E-state index in [2.05, 4.69) is 21.8 Å². The summed E-state index contributed by atoms with van der Waals surface area (Å²) < 4.78 is 0. The molecule has 0 amide bonds. The minimum absolute atomic E-state index is 0. The molecule has 1 aromatic heterocycles. The number of nitrogens with two attached hydrogens (primary N) is 1. The first kappa shape index (κ1) is 14.7. The van der Waals surface area contributed by atoms with Crippen molar-refractivity contribution in [1.82, 2.24) is 9.88 Å². The second-order valence-electron chi connectivity index (χ2n) is 4.31.